The molecule has 2 aliphatic rings. The lowest BCUT2D eigenvalue weighted by Gasteiger charge is -2.40. The van der Waals surface area contributed by atoms with E-state index in [0.717, 1.165) is 9.80 Å². The molecule has 1 aromatic carbocycles. The molecule has 0 aliphatic carbocycles. The Bertz CT molecular complexity index is 975. The predicted octanol–water partition coefficient (Wildman–Crippen LogP) is 3.56. The summed E-state index contributed by atoms with van der Waals surface area (Å²) >= 11 is 1.35. The quantitative estimate of drug-likeness (QED) is 0.740. The van der Waals surface area contributed by atoms with Gasteiger partial charge in [0, 0.05) is 11.0 Å². The Labute approximate surface area is 169 Å². The molecule has 2 amide bonds. The number of thioether (sulfide) groups is 1. The summed E-state index contributed by atoms with van der Waals surface area (Å²) in [5, 5.41) is 4.25. The van der Waals surface area contributed by atoms with Gasteiger partial charge in [0.25, 0.3) is 0 Å². The number of para-hydroxylation sites is 1. The number of carbonyl (C=O) groups is 2. The summed E-state index contributed by atoms with van der Waals surface area (Å²) in [7, 11) is 0. The molecule has 2 atom stereocenters. The van der Waals surface area contributed by atoms with Crippen molar-refractivity contribution in [2.45, 2.75) is 43.4 Å². The molecular weight excluding hydrogens is 405 g/mol. The number of fused-ring (bicyclic) bond motifs is 2. The van der Waals surface area contributed by atoms with Gasteiger partial charge in [-0.25, -0.2) is 4.68 Å². The fourth-order valence-electron chi connectivity index (χ4n) is 3.82. The highest BCUT2D eigenvalue weighted by Gasteiger charge is 2.50. The van der Waals surface area contributed by atoms with Gasteiger partial charge in [-0.2, -0.15) is 18.3 Å². The van der Waals surface area contributed by atoms with E-state index in [2.05, 4.69) is 5.10 Å². The number of hydrogen-bond donors (Lipinski definition) is 0. The molecule has 0 radical (unpaired) electrons. The lowest BCUT2D eigenvalue weighted by atomic mass is 10.0. The van der Waals surface area contributed by atoms with E-state index in [9.17, 15) is 22.8 Å². The zero-order chi connectivity index (χ0) is 20.9. The van der Waals surface area contributed by atoms with Crippen LogP contribution in [0.5, 0.6) is 0 Å². The van der Waals surface area contributed by atoms with Crippen LogP contribution >= 0.6 is 11.8 Å². The van der Waals surface area contributed by atoms with Gasteiger partial charge in [0.2, 0.25) is 11.8 Å². The SMILES string of the molecule is Cc1cc2n(n1)[C@@H](C)C[C@@H](C(F)(F)F)N2C(=O)CN1C(=O)CSc2ccccc21. The van der Waals surface area contributed by atoms with Crippen LogP contribution in [0.4, 0.5) is 24.7 Å². The van der Waals surface area contributed by atoms with Crippen molar-refractivity contribution in [3.05, 3.63) is 36.0 Å². The predicted molar refractivity (Wildman–Crippen MR) is 103 cm³/mol. The van der Waals surface area contributed by atoms with Gasteiger partial charge in [0.05, 0.1) is 23.2 Å². The zero-order valence-corrected chi connectivity index (χ0v) is 16.6. The Morgan fingerprint density at radius 2 is 2.03 bits per heavy atom. The molecular formula is C19H19F3N4O2S. The van der Waals surface area contributed by atoms with Gasteiger partial charge in [-0.05, 0) is 32.4 Å². The maximum absolute atomic E-state index is 13.8. The van der Waals surface area contributed by atoms with Gasteiger partial charge in [-0.15, -0.1) is 11.8 Å². The van der Waals surface area contributed by atoms with E-state index < -0.39 is 30.7 Å². The first-order chi connectivity index (χ1) is 13.7. The highest BCUT2D eigenvalue weighted by atomic mass is 32.2. The van der Waals surface area contributed by atoms with Crippen molar-refractivity contribution in [1.82, 2.24) is 9.78 Å². The number of alkyl halides is 3. The molecule has 0 bridgehead atoms. The second kappa shape index (κ2) is 7.08. The Hall–Kier alpha value is -2.49. The van der Waals surface area contributed by atoms with E-state index in [-0.39, 0.29) is 23.9 Å². The van der Waals surface area contributed by atoms with Crippen molar-refractivity contribution in [3.63, 3.8) is 0 Å². The van der Waals surface area contributed by atoms with Gasteiger partial charge in [-0.3, -0.25) is 14.5 Å². The normalized spacial score (nSPS) is 21.8. The number of amides is 2. The molecule has 10 heteroatoms. The standard InChI is InChI=1S/C19H19F3N4O2S/c1-11-7-16-25(15(19(20,21)22)8-12(2)26(16)23-11)17(27)9-24-13-5-3-4-6-14(13)29-10-18(24)28/h3-7,12,15H,8-10H2,1-2H3/t12-,15-/m0/s1. The molecule has 154 valence electrons. The average molecular weight is 424 g/mol. The van der Waals surface area contributed by atoms with Gasteiger partial charge in [0.1, 0.15) is 18.4 Å². The second-order valence-corrected chi connectivity index (χ2v) is 8.25. The first kappa shape index (κ1) is 19.8. The third-order valence-corrected chi connectivity index (χ3v) is 6.17. The van der Waals surface area contributed by atoms with Crippen LogP contribution in [0.15, 0.2) is 35.2 Å². The average Bonchev–Trinajstić information content (AvgIpc) is 3.05. The zero-order valence-electron chi connectivity index (χ0n) is 15.8. The number of benzene rings is 1. The first-order valence-electron chi connectivity index (χ1n) is 9.14. The van der Waals surface area contributed by atoms with Crippen LogP contribution in [0.1, 0.15) is 25.1 Å². The molecule has 0 N–H and O–H groups in total. The number of aryl methyl sites for hydroxylation is 1. The van der Waals surface area contributed by atoms with Crippen molar-refractivity contribution in [3.8, 4) is 0 Å². The van der Waals surface area contributed by atoms with Crippen LogP contribution in [0.25, 0.3) is 0 Å². The second-order valence-electron chi connectivity index (χ2n) is 7.23. The fourth-order valence-corrected chi connectivity index (χ4v) is 4.75. The third-order valence-electron chi connectivity index (χ3n) is 5.13. The van der Waals surface area contributed by atoms with E-state index in [0.29, 0.717) is 11.4 Å². The molecule has 3 heterocycles. The van der Waals surface area contributed by atoms with Crippen molar-refractivity contribution >= 4 is 35.1 Å². The molecule has 0 saturated heterocycles. The molecule has 2 aromatic rings. The van der Waals surface area contributed by atoms with Crippen molar-refractivity contribution in [2.24, 2.45) is 0 Å². The smallest absolute Gasteiger partial charge is 0.301 e. The van der Waals surface area contributed by atoms with Crippen molar-refractivity contribution in [1.29, 1.82) is 0 Å². The summed E-state index contributed by atoms with van der Waals surface area (Å²) in [6, 6.07) is 6.09. The molecule has 2 aliphatic heterocycles. The topological polar surface area (TPSA) is 58.4 Å². The Morgan fingerprint density at radius 1 is 1.31 bits per heavy atom. The lowest BCUT2D eigenvalue weighted by molar-refractivity contribution is -0.158. The molecule has 0 unspecified atom stereocenters. The number of halogens is 3. The Balaban J connectivity index is 1.71. The number of nitrogens with zero attached hydrogens (tertiary/aromatic N) is 4. The summed E-state index contributed by atoms with van der Waals surface area (Å²) in [5.41, 5.74) is 1.07. The van der Waals surface area contributed by atoms with E-state index in [4.69, 9.17) is 0 Å². The summed E-state index contributed by atoms with van der Waals surface area (Å²) in [5.74, 6) is -0.835. The molecule has 0 fully saturated rings. The number of rotatable bonds is 2. The van der Waals surface area contributed by atoms with Gasteiger partial charge in [-0.1, -0.05) is 12.1 Å². The highest BCUT2D eigenvalue weighted by Crippen LogP contribution is 2.40. The van der Waals surface area contributed by atoms with Crippen molar-refractivity contribution < 1.29 is 22.8 Å². The maximum Gasteiger partial charge on any atom is 0.409 e. The summed E-state index contributed by atoms with van der Waals surface area (Å²) in [6.07, 6.45) is -4.88. The van der Waals surface area contributed by atoms with Gasteiger partial charge in [0.15, 0.2) is 0 Å². The number of aromatic nitrogens is 2. The summed E-state index contributed by atoms with van der Waals surface area (Å²) in [4.78, 5) is 28.4. The monoisotopic (exact) mass is 424 g/mol. The van der Waals surface area contributed by atoms with Crippen LogP contribution in [0.3, 0.4) is 0 Å². The Kier molecular flexibility index (Phi) is 4.84. The first-order valence-corrected chi connectivity index (χ1v) is 10.1. The minimum atomic E-state index is -4.59. The van der Waals surface area contributed by atoms with Gasteiger partial charge < -0.3 is 4.90 Å². The largest absolute Gasteiger partial charge is 0.409 e. The van der Waals surface area contributed by atoms with E-state index in [1.165, 1.54) is 27.4 Å². The lowest BCUT2D eigenvalue weighted by Crippen LogP contribution is -2.56. The number of anilines is 2. The van der Waals surface area contributed by atoms with Gasteiger partial charge >= 0.3 is 6.18 Å². The molecule has 4 rings (SSSR count). The molecule has 29 heavy (non-hydrogen) atoms. The number of carbonyl (C=O) groups excluding carboxylic acids is 2. The molecule has 0 spiro atoms. The van der Waals surface area contributed by atoms with Crippen LogP contribution in [0, 0.1) is 6.92 Å². The van der Waals surface area contributed by atoms with E-state index >= 15 is 0 Å². The highest BCUT2D eigenvalue weighted by molar-refractivity contribution is 8.00. The summed E-state index contributed by atoms with van der Waals surface area (Å²) in [6.45, 7) is 2.87. The minimum Gasteiger partial charge on any atom is -0.301 e. The summed E-state index contributed by atoms with van der Waals surface area (Å²) < 4.78 is 42.9. The van der Waals surface area contributed by atoms with E-state index in [1.807, 2.05) is 12.1 Å². The molecule has 6 nitrogen and oxygen atoms in total. The van der Waals surface area contributed by atoms with Crippen LogP contribution in [-0.2, 0) is 9.59 Å². The number of hydrogen-bond acceptors (Lipinski definition) is 4. The van der Waals surface area contributed by atoms with E-state index in [1.54, 1.807) is 26.0 Å². The fraction of sp³-hybridized carbons (Fsp3) is 0.421. The van der Waals surface area contributed by atoms with Crippen molar-refractivity contribution in [2.75, 3.05) is 22.1 Å². The molecule has 1 aromatic heterocycles. The van der Waals surface area contributed by atoms with Crippen LogP contribution in [-0.4, -0.2) is 46.1 Å². The van der Waals surface area contributed by atoms with Crippen LogP contribution in [0.2, 0.25) is 0 Å². The molecule has 0 saturated carbocycles. The van der Waals surface area contributed by atoms with Crippen LogP contribution < -0.4 is 9.80 Å². The minimum absolute atomic E-state index is 0.112. The Morgan fingerprint density at radius 3 is 2.76 bits per heavy atom. The third kappa shape index (κ3) is 3.50. The maximum atomic E-state index is 13.8.